The van der Waals surface area contributed by atoms with Crippen molar-refractivity contribution < 1.29 is 13.2 Å². The van der Waals surface area contributed by atoms with E-state index in [-0.39, 0.29) is 5.75 Å². The Labute approximate surface area is 184 Å². The van der Waals surface area contributed by atoms with E-state index in [4.69, 9.17) is 0 Å². The number of fused-ring (bicyclic) bond motifs is 1. The van der Waals surface area contributed by atoms with Gasteiger partial charge in [-0.1, -0.05) is 58.4 Å². The molecule has 0 aliphatic carbocycles. The quantitative estimate of drug-likeness (QED) is 0.550. The van der Waals surface area contributed by atoms with Gasteiger partial charge in [-0.05, 0) is 47.9 Å². The van der Waals surface area contributed by atoms with Crippen molar-refractivity contribution in [3.05, 3.63) is 88.4 Å². The second-order valence-corrected chi connectivity index (χ2v) is 10.2. The van der Waals surface area contributed by atoms with E-state index in [0.717, 1.165) is 28.8 Å². The van der Waals surface area contributed by atoms with Gasteiger partial charge in [0.25, 0.3) is 0 Å². The van der Waals surface area contributed by atoms with Crippen molar-refractivity contribution in [2.45, 2.75) is 12.2 Å². The fourth-order valence-corrected chi connectivity index (χ4v) is 5.43. The lowest BCUT2D eigenvalue weighted by Crippen LogP contribution is -2.25. The summed E-state index contributed by atoms with van der Waals surface area (Å²) in [6, 6.07) is 22.7. The van der Waals surface area contributed by atoms with E-state index >= 15 is 0 Å². The van der Waals surface area contributed by atoms with Crippen LogP contribution in [0.1, 0.15) is 11.1 Å². The molecule has 0 unspecified atom stereocenters. The van der Waals surface area contributed by atoms with Gasteiger partial charge in [0.15, 0.2) is 9.84 Å². The van der Waals surface area contributed by atoms with E-state index < -0.39 is 21.5 Å². The Hall–Kier alpha value is -2.64. The predicted octanol–water partition coefficient (Wildman–Crippen LogP) is 4.70. The van der Waals surface area contributed by atoms with Gasteiger partial charge in [0, 0.05) is 16.7 Å². The molecule has 4 rings (SSSR count). The topological polar surface area (TPSA) is 66.5 Å². The van der Waals surface area contributed by atoms with Crippen LogP contribution in [0.25, 0.3) is 0 Å². The zero-order chi connectivity index (χ0) is 21.1. The first kappa shape index (κ1) is 20.6. The highest BCUT2D eigenvalue weighted by molar-refractivity contribution is 9.10. The van der Waals surface area contributed by atoms with Gasteiger partial charge in [0.05, 0.1) is 17.1 Å². The van der Waals surface area contributed by atoms with Gasteiger partial charge in [-0.25, -0.2) is 8.42 Å². The minimum absolute atomic E-state index is 0.180. The Morgan fingerprint density at radius 2 is 1.70 bits per heavy atom. The van der Waals surface area contributed by atoms with Crippen LogP contribution in [-0.4, -0.2) is 26.6 Å². The minimum Gasteiger partial charge on any atom is -0.339 e. The zero-order valence-electron chi connectivity index (χ0n) is 16.2. The molecule has 0 saturated carbocycles. The lowest BCUT2D eigenvalue weighted by molar-refractivity contribution is -0.113. The number of benzene rings is 3. The number of rotatable bonds is 6. The highest BCUT2D eigenvalue weighted by atomic mass is 79.9. The summed E-state index contributed by atoms with van der Waals surface area (Å²) in [5, 5.41) is 2.80. The molecule has 1 heterocycles. The number of hydrogen-bond donors (Lipinski definition) is 1. The number of carbonyl (C=O) groups excluding carboxylic acids is 1. The van der Waals surface area contributed by atoms with Crippen LogP contribution in [-0.2, 0) is 26.8 Å². The molecule has 3 aromatic carbocycles. The Bertz CT molecular complexity index is 1190. The van der Waals surface area contributed by atoms with E-state index in [1.807, 2.05) is 36.4 Å². The number of halogens is 1. The van der Waals surface area contributed by atoms with Gasteiger partial charge in [0.2, 0.25) is 5.91 Å². The number of hydrogen-bond acceptors (Lipinski definition) is 4. The molecular formula is C23H21BrN2O3S. The number of nitrogens with zero attached hydrogens (tertiary/aromatic N) is 1. The van der Waals surface area contributed by atoms with Crippen molar-refractivity contribution in [3.8, 4) is 0 Å². The van der Waals surface area contributed by atoms with E-state index in [1.54, 1.807) is 24.3 Å². The number of amides is 1. The monoisotopic (exact) mass is 484 g/mol. The second-order valence-electron chi connectivity index (χ2n) is 7.26. The normalized spacial score (nSPS) is 13.2. The van der Waals surface area contributed by atoms with Crippen LogP contribution in [0.15, 0.2) is 77.3 Å². The first-order valence-electron chi connectivity index (χ1n) is 9.60. The molecule has 0 bridgehead atoms. The summed E-state index contributed by atoms with van der Waals surface area (Å²) in [6.45, 7) is 0.813. The van der Waals surface area contributed by atoms with Crippen LogP contribution < -0.4 is 10.2 Å². The van der Waals surface area contributed by atoms with Crippen LogP contribution >= 0.6 is 15.9 Å². The SMILES string of the molecule is O=C(CS(=O)(=O)Cc1cccc(Br)c1)Nc1ccccc1N1CCc2ccccc21. The van der Waals surface area contributed by atoms with Crippen molar-refractivity contribution in [3.63, 3.8) is 0 Å². The van der Waals surface area contributed by atoms with Crippen LogP contribution in [0, 0.1) is 0 Å². The van der Waals surface area contributed by atoms with Crippen LogP contribution in [0.5, 0.6) is 0 Å². The van der Waals surface area contributed by atoms with Gasteiger partial charge >= 0.3 is 0 Å². The van der Waals surface area contributed by atoms with Crippen LogP contribution in [0.4, 0.5) is 17.1 Å². The van der Waals surface area contributed by atoms with Crippen molar-refractivity contribution in [2.75, 3.05) is 22.5 Å². The number of carbonyl (C=O) groups is 1. The van der Waals surface area contributed by atoms with Gasteiger partial charge in [-0.2, -0.15) is 0 Å². The Morgan fingerprint density at radius 1 is 0.967 bits per heavy atom. The molecule has 1 aliphatic heterocycles. The summed E-state index contributed by atoms with van der Waals surface area (Å²) >= 11 is 3.34. The lowest BCUT2D eigenvalue weighted by atomic mass is 10.2. The molecule has 154 valence electrons. The fourth-order valence-electron chi connectivity index (χ4n) is 3.72. The van der Waals surface area contributed by atoms with Crippen molar-refractivity contribution in [2.24, 2.45) is 0 Å². The number of sulfone groups is 1. The molecule has 3 aromatic rings. The third kappa shape index (κ3) is 4.74. The smallest absolute Gasteiger partial charge is 0.239 e. The van der Waals surface area contributed by atoms with Gasteiger partial charge in [0.1, 0.15) is 5.75 Å². The Balaban J connectivity index is 1.49. The molecule has 0 atom stereocenters. The molecule has 0 aromatic heterocycles. The first-order chi connectivity index (χ1) is 14.4. The summed E-state index contributed by atoms with van der Waals surface area (Å²) in [5.74, 6) is -1.28. The highest BCUT2D eigenvalue weighted by Gasteiger charge is 2.23. The van der Waals surface area contributed by atoms with E-state index in [0.29, 0.717) is 11.3 Å². The molecule has 5 nitrogen and oxygen atoms in total. The molecule has 1 amide bonds. The van der Waals surface area contributed by atoms with E-state index in [9.17, 15) is 13.2 Å². The molecule has 30 heavy (non-hydrogen) atoms. The molecule has 0 saturated heterocycles. The summed E-state index contributed by atoms with van der Waals surface area (Å²) < 4.78 is 25.9. The summed E-state index contributed by atoms with van der Waals surface area (Å²) in [6.07, 6.45) is 0.930. The molecule has 1 aliphatic rings. The van der Waals surface area contributed by atoms with Gasteiger partial charge < -0.3 is 10.2 Å². The van der Waals surface area contributed by atoms with Crippen molar-refractivity contribution in [1.82, 2.24) is 0 Å². The summed E-state index contributed by atoms with van der Waals surface area (Å²) in [5.41, 5.74) is 4.49. The van der Waals surface area contributed by atoms with E-state index in [2.05, 4.69) is 38.3 Å². The second kappa shape index (κ2) is 8.62. The molecule has 0 fully saturated rings. The van der Waals surface area contributed by atoms with Crippen LogP contribution in [0.3, 0.4) is 0 Å². The minimum atomic E-state index is -3.60. The van der Waals surface area contributed by atoms with Gasteiger partial charge in [-0.15, -0.1) is 0 Å². The summed E-state index contributed by atoms with van der Waals surface area (Å²) in [7, 11) is -3.60. The van der Waals surface area contributed by atoms with Crippen molar-refractivity contribution >= 4 is 48.7 Å². The maximum absolute atomic E-state index is 12.6. The van der Waals surface area contributed by atoms with Crippen LogP contribution in [0.2, 0.25) is 0 Å². The maximum Gasteiger partial charge on any atom is 0.239 e. The highest BCUT2D eigenvalue weighted by Crippen LogP contribution is 2.38. The third-order valence-corrected chi connectivity index (χ3v) is 6.95. The van der Waals surface area contributed by atoms with Crippen molar-refractivity contribution in [1.29, 1.82) is 0 Å². The number of anilines is 3. The standard InChI is InChI=1S/C23H21BrN2O3S/c24-19-8-5-6-17(14-19)15-30(28,29)16-23(27)25-20-9-2-4-11-22(20)26-13-12-18-7-1-3-10-21(18)26/h1-11,14H,12-13,15-16H2,(H,25,27). The molecule has 0 radical (unpaired) electrons. The number of para-hydroxylation sites is 3. The predicted molar refractivity (Wildman–Crippen MR) is 124 cm³/mol. The maximum atomic E-state index is 12.6. The third-order valence-electron chi connectivity index (χ3n) is 4.98. The Kier molecular flexibility index (Phi) is 5.92. The summed E-state index contributed by atoms with van der Waals surface area (Å²) in [4.78, 5) is 14.7. The number of nitrogens with one attached hydrogen (secondary N) is 1. The van der Waals surface area contributed by atoms with E-state index in [1.165, 1.54) is 5.56 Å². The average molecular weight is 485 g/mol. The first-order valence-corrected chi connectivity index (χ1v) is 12.2. The average Bonchev–Trinajstić information content (AvgIpc) is 3.11. The lowest BCUT2D eigenvalue weighted by Gasteiger charge is -2.23. The fraction of sp³-hybridized carbons (Fsp3) is 0.174. The molecule has 1 N–H and O–H groups in total. The largest absolute Gasteiger partial charge is 0.339 e. The Morgan fingerprint density at radius 3 is 2.50 bits per heavy atom. The molecule has 0 spiro atoms. The zero-order valence-corrected chi connectivity index (χ0v) is 18.6. The molecule has 7 heteroatoms. The van der Waals surface area contributed by atoms with Gasteiger partial charge in [-0.3, -0.25) is 4.79 Å². The molecular weight excluding hydrogens is 464 g/mol.